The average Bonchev–Trinajstić information content (AvgIpc) is 2.71. The van der Waals surface area contributed by atoms with Gasteiger partial charge in [-0.05, 0) is 43.0 Å². The second-order valence-electron chi connectivity index (χ2n) is 8.11. The molecule has 1 aliphatic carbocycles. The molecule has 0 atom stereocenters. The Morgan fingerprint density at radius 1 is 1.00 bits per heavy atom. The minimum Gasteiger partial charge on any atom is -0.340 e. The van der Waals surface area contributed by atoms with Crippen molar-refractivity contribution in [1.82, 2.24) is 9.80 Å². The van der Waals surface area contributed by atoms with Crippen LogP contribution in [0.15, 0.2) is 24.3 Å². The summed E-state index contributed by atoms with van der Waals surface area (Å²) in [5, 5.41) is 2.78. The molecule has 1 saturated carbocycles. The van der Waals surface area contributed by atoms with E-state index in [9.17, 15) is 14.0 Å². The molecule has 0 aromatic heterocycles. The highest BCUT2D eigenvalue weighted by molar-refractivity contribution is 5.92. The fourth-order valence-corrected chi connectivity index (χ4v) is 4.27. The van der Waals surface area contributed by atoms with E-state index in [1.165, 1.54) is 50.7 Å². The number of halogens is 1. The molecule has 1 aliphatic heterocycles. The number of nitrogens with one attached hydrogen (secondary N) is 1. The summed E-state index contributed by atoms with van der Waals surface area (Å²) in [7, 11) is 0. The van der Waals surface area contributed by atoms with Gasteiger partial charge >= 0.3 is 0 Å². The van der Waals surface area contributed by atoms with Gasteiger partial charge in [0.1, 0.15) is 5.82 Å². The van der Waals surface area contributed by atoms with Gasteiger partial charge in [-0.1, -0.05) is 32.1 Å². The third kappa shape index (κ3) is 6.59. The van der Waals surface area contributed by atoms with Crippen molar-refractivity contribution in [3.63, 3.8) is 0 Å². The molecule has 0 radical (unpaired) electrons. The van der Waals surface area contributed by atoms with Crippen molar-refractivity contribution in [1.29, 1.82) is 0 Å². The van der Waals surface area contributed by atoms with Gasteiger partial charge in [-0.15, -0.1) is 0 Å². The summed E-state index contributed by atoms with van der Waals surface area (Å²) < 4.78 is 12.9. The Hall–Kier alpha value is -1.95. The van der Waals surface area contributed by atoms with Gasteiger partial charge in [-0.3, -0.25) is 14.5 Å². The summed E-state index contributed by atoms with van der Waals surface area (Å²) in [5.74, 6) is 0.653. The number of nitrogens with zero attached hydrogens (tertiary/aromatic N) is 2. The summed E-state index contributed by atoms with van der Waals surface area (Å²) in [4.78, 5) is 28.6. The predicted molar refractivity (Wildman–Crippen MR) is 108 cm³/mol. The lowest BCUT2D eigenvalue weighted by molar-refractivity contribution is -0.133. The lowest BCUT2D eigenvalue weighted by Gasteiger charge is -2.34. The van der Waals surface area contributed by atoms with Gasteiger partial charge in [0.25, 0.3) is 0 Å². The molecular formula is C22H32FN3O2. The largest absolute Gasteiger partial charge is 0.340 e. The van der Waals surface area contributed by atoms with Crippen molar-refractivity contribution >= 4 is 17.5 Å². The maximum absolute atomic E-state index is 12.9. The van der Waals surface area contributed by atoms with Crippen molar-refractivity contribution in [3.05, 3.63) is 30.1 Å². The molecule has 1 aromatic rings. The van der Waals surface area contributed by atoms with Crippen molar-refractivity contribution in [2.75, 3.05) is 38.0 Å². The van der Waals surface area contributed by atoms with Crippen LogP contribution in [-0.2, 0) is 9.59 Å². The standard InChI is InChI=1S/C22H32FN3O2/c23-19-9-11-20(12-10-19)24-21(27)17-25-13-15-26(16-14-25)22(28)8-4-7-18-5-2-1-3-6-18/h9-12,18H,1-8,13-17H2,(H,24,27). The van der Waals surface area contributed by atoms with Crippen LogP contribution in [0.2, 0.25) is 0 Å². The highest BCUT2D eigenvalue weighted by Gasteiger charge is 2.22. The van der Waals surface area contributed by atoms with Crippen LogP contribution < -0.4 is 5.32 Å². The van der Waals surface area contributed by atoms with Crippen LogP contribution in [0.25, 0.3) is 0 Å². The molecule has 1 aromatic carbocycles. The second kappa shape index (κ2) is 10.6. The third-order valence-electron chi connectivity index (χ3n) is 5.95. The van der Waals surface area contributed by atoms with E-state index in [0.29, 0.717) is 44.8 Å². The third-order valence-corrected chi connectivity index (χ3v) is 5.95. The number of benzene rings is 1. The first-order valence-electron chi connectivity index (χ1n) is 10.7. The van der Waals surface area contributed by atoms with Crippen LogP contribution >= 0.6 is 0 Å². The lowest BCUT2D eigenvalue weighted by atomic mass is 9.86. The van der Waals surface area contributed by atoms with Crippen molar-refractivity contribution in [2.24, 2.45) is 5.92 Å². The van der Waals surface area contributed by atoms with Gasteiger partial charge in [0.2, 0.25) is 11.8 Å². The summed E-state index contributed by atoms with van der Waals surface area (Å²) >= 11 is 0. The molecule has 28 heavy (non-hydrogen) atoms. The SMILES string of the molecule is O=C(CN1CCN(C(=O)CCCC2CCCCC2)CC1)Nc1ccc(F)cc1. The molecule has 3 rings (SSSR count). The zero-order chi connectivity index (χ0) is 19.8. The fraction of sp³-hybridized carbons (Fsp3) is 0.636. The van der Waals surface area contributed by atoms with E-state index in [1.807, 2.05) is 4.90 Å². The first-order valence-corrected chi connectivity index (χ1v) is 10.7. The van der Waals surface area contributed by atoms with E-state index in [4.69, 9.17) is 0 Å². The first kappa shape index (κ1) is 20.8. The van der Waals surface area contributed by atoms with Crippen molar-refractivity contribution in [3.8, 4) is 0 Å². The van der Waals surface area contributed by atoms with Gasteiger partial charge in [-0.25, -0.2) is 4.39 Å². The summed E-state index contributed by atoms with van der Waals surface area (Å²) in [6, 6.07) is 5.76. The molecule has 1 N–H and O–H groups in total. The topological polar surface area (TPSA) is 52.7 Å². The quantitative estimate of drug-likeness (QED) is 0.774. The molecule has 2 fully saturated rings. The Morgan fingerprint density at radius 2 is 1.68 bits per heavy atom. The molecule has 5 nitrogen and oxygen atoms in total. The van der Waals surface area contributed by atoms with E-state index in [2.05, 4.69) is 10.2 Å². The molecular weight excluding hydrogens is 357 g/mol. The number of carbonyl (C=O) groups is 2. The van der Waals surface area contributed by atoms with E-state index in [0.717, 1.165) is 12.3 Å². The van der Waals surface area contributed by atoms with E-state index in [-0.39, 0.29) is 17.6 Å². The van der Waals surface area contributed by atoms with Crippen molar-refractivity contribution in [2.45, 2.75) is 51.4 Å². The van der Waals surface area contributed by atoms with Gasteiger partial charge in [0, 0.05) is 38.3 Å². The molecule has 0 bridgehead atoms. The molecule has 1 saturated heterocycles. The van der Waals surface area contributed by atoms with E-state index >= 15 is 0 Å². The molecule has 2 amide bonds. The Morgan fingerprint density at radius 3 is 2.36 bits per heavy atom. The van der Waals surface area contributed by atoms with Crippen LogP contribution in [-0.4, -0.2) is 54.3 Å². The zero-order valence-corrected chi connectivity index (χ0v) is 16.7. The van der Waals surface area contributed by atoms with E-state index < -0.39 is 0 Å². The monoisotopic (exact) mass is 389 g/mol. The number of hydrogen-bond acceptors (Lipinski definition) is 3. The Balaban J connectivity index is 1.31. The zero-order valence-electron chi connectivity index (χ0n) is 16.7. The number of rotatable bonds is 7. The molecule has 154 valence electrons. The van der Waals surface area contributed by atoms with Crippen LogP contribution in [0.5, 0.6) is 0 Å². The summed E-state index contributed by atoms with van der Waals surface area (Å²) in [6.45, 7) is 3.09. The number of carbonyl (C=O) groups excluding carboxylic acids is 2. The van der Waals surface area contributed by atoms with Gasteiger partial charge in [-0.2, -0.15) is 0 Å². The minimum atomic E-state index is -0.322. The van der Waals surface area contributed by atoms with Gasteiger partial charge in [0.05, 0.1) is 6.54 Å². The van der Waals surface area contributed by atoms with Crippen LogP contribution in [0.3, 0.4) is 0 Å². The lowest BCUT2D eigenvalue weighted by Crippen LogP contribution is -2.50. The molecule has 1 heterocycles. The normalized spacial score (nSPS) is 18.8. The Bertz CT molecular complexity index is 636. The fourth-order valence-electron chi connectivity index (χ4n) is 4.27. The van der Waals surface area contributed by atoms with Crippen LogP contribution in [0, 0.1) is 11.7 Å². The van der Waals surface area contributed by atoms with Gasteiger partial charge < -0.3 is 10.2 Å². The second-order valence-corrected chi connectivity index (χ2v) is 8.11. The van der Waals surface area contributed by atoms with Crippen molar-refractivity contribution < 1.29 is 14.0 Å². The highest BCUT2D eigenvalue weighted by atomic mass is 19.1. The average molecular weight is 390 g/mol. The van der Waals surface area contributed by atoms with E-state index in [1.54, 1.807) is 12.1 Å². The molecule has 0 unspecified atom stereocenters. The van der Waals surface area contributed by atoms with Crippen LogP contribution in [0.1, 0.15) is 51.4 Å². The number of anilines is 1. The number of hydrogen-bond donors (Lipinski definition) is 1. The maximum atomic E-state index is 12.9. The number of amides is 2. The molecule has 0 spiro atoms. The highest BCUT2D eigenvalue weighted by Crippen LogP contribution is 2.27. The number of piperazine rings is 1. The maximum Gasteiger partial charge on any atom is 0.238 e. The Labute approximate surface area is 167 Å². The van der Waals surface area contributed by atoms with Crippen LogP contribution in [0.4, 0.5) is 10.1 Å². The Kier molecular flexibility index (Phi) is 7.83. The summed E-state index contributed by atoms with van der Waals surface area (Å²) in [5.41, 5.74) is 0.596. The predicted octanol–water partition coefficient (Wildman–Crippen LogP) is 3.66. The minimum absolute atomic E-state index is 0.112. The molecule has 2 aliphatic rings. The smallest absolute Gasteiger partial charge is 0.238 e. The first-order chi connectivity index (χ1) is 13.6. The summed E-state index contributed by atoms with van der Waals surface area (Å²) in [6.07, 6.45) is 9.62. The van der Waals surface area contributed by atoms with Gasteiger partial charge in [0.15, 0.2) is 0 Å². The molecule has 6 heteroatoms.